The summed E-state index contributed by atoms with van der Waals surface area (Å²) in [5.41, 5.74) is 1.29. The molecule has 160 valence electrons. The van der Waals surface area contributed by atoms with Crippen LogP contribution in [0.15, 0.2) is 24.5 Å². The zero-order chi connectivity index (χ0) is 22.4. The van der Waals surface area contributed by atoms with Gasteiger partial charge in [-0.05, 0) is 26.9 Å². The van der Waals surface area contributed by atoms with Gasteiger partial charge in [-0.2, -0.15) is 0 Å². The summed E-state index contributed by atoms with van der Waals surface area (Å²) in [5, 5.41) is 25.9. The lowest BCUT2D eigenvalue weighted by Gasteiger charge is -1.95. The van der Waals surface area contributed by atoms with Gasteiger partial charge in [-0.3, -0.25) is 29.8 Å². The second-order valence-corrected chi connectivity index (χ2v) is 5.85. The molecule has 0 aliphatic carbocycles. The Kier molecular flexibility index (Phi) is 11.9. The number of amides is 1. The van der Waals surface area contributed by atoms with Gasteiger partial charge in [-0.25, -0.2) is 0 Å². The minimum atomic E-state index is -0.535. The zero-order valence-electron chi connectivity index (χ0n) is 16.8. The highest BCUT2D eigenvalue weighted by Crippen LogP contribution is 2.13. The summed E-state index contributed by atoms with van der Waals surface area (Å²) in [6.45, 7) is 3.55. The molecule has 12 nitrogen and oxygen atoms in total. The summed E-state index contributed by atoms with van der Waals surface area (Å²) in [7, 11) is 5.25. The van der Waals surface area contributed by atoms with Crippen molar-refractivity contribution in [2.24, 2.45) is 14.1 Å². The Morgan fingerprint density at radius 1 is 1.00 bits per heavy atom. The van der Waals surface area contributed by atoms with E-state index < -0.39 is 9.85 Å². The summed E-state index contributed by atoms with van der Waals surface area (Å²) < 4.78 is 3.13. The largest absolute Gasteiger partial charge is 0.359 e. The number of aldehydes is 1. The van der Waals surface area contributed by atoms with Crippen molar-refractivity contribution in [3.8, 4) is 0 Å². The van der Waals surface area contributed by atoms with Gasteiger partial charge in [0, 0.05) is 38.5 Å². The highest BCUT2D eigenvalue weighted by Gasteiger charge is 2.10. The van der Waals surface area contributed by atoms with Crippen LogP contribution < -0.4 is 10.6 Å². The monoisotopic (exact) mass is 410 g/mol. The number of aryl methyl sites for hydroxylation is 3. The molecule has 0 bridgehead atoms. The first-order chi connectivity index (χ1) is 13.7. The van der Waals surface area contributed by atoms with Gasteiger partial charge in [0.25, 0.3) is 11.4 Å². The third-order valence-corrected chi connectivity index (χ3v) is 3.64. The summed E-state index contributed by atoms with van der Waals surface area (Å²) in [6.07, 6.45) is 5.08. The highest BCUT2D eigenvalue weighted by molar-refractivity contribution is 5.74. The average Bonchev–Trinajstić information content (AvgIpc) is 3.22. The van der Waals surface area contributed by atoms with Crippen LogP contribution in [0.4, 0.5) is 11.4 Å². The van der Waals surface area contributed by atoms with Crippen LogP contribution in [-0.4, -0.2) is 51.8 Å². The standard InChI is InChI=1S/C6H6N2O3.C6H8N2O2.C5H12N2O/c1-7-3-5(8(10)11)2-6(7)4-9;1-5-3-6(8(9)10)4-7(5)2;1-6-3-2-4-7-5-8/h2-4H,1H3;3-4H,1-2H3;5-6H,2-4H2,1H3,(H,7,8). The average molecular weight is 410 g/mol. The number of nitrogens with one attached hydrogen (secondary N) is 2. The summed E-state index contributed by atoms with van der Waals surface area (Å²) >= 11 is 0. The van der Waals surface area contributed by atoms with E-state index in [2.05, 4.69) is 10.6 Å². The van der Waals surface area contributed by atoms with E-state index in [4.69, 9.17) is 0 Å². The van der Waals surface area contributed by atoms with Crippen LogP contribution in [0.25, 0.3) is 0 Å². The number of carbonyl (C=O) groups is 2. The Hall–Kier alpha value is -3.54. The van der Waals surface area contributed by atoms with E-state index in [1.54, 1.807) is 24.7 Å². The van der Waals surface area contributed by atoms with E-state index in [9.17, 15) is 29.8 Å². The molecule has 1 amide bonds. The molecule has 0 radical (unpaired) electrons. The zero-order valence-corrected chi connectivity index (χ0v) is 16.8. The van der Waals surface area contributed by atoms with Gasteiger partial charge in [0.2, 0.25) is 6.41 Å². The smallest absolute Gasteiger partial charge is 0.287 e. The highest BCUT2D eigenvalue weighted by atomic mass is 16.6. The van der Waals surface area contributed by atoms with Crippen molar-refractivity contribution in [3.63, 3.8) is 0 Å². The van der Waals surface area contributed by atoms with Crippen LogP contribution in [0.2, 0.25) is 0 Å². The molecule has 2 N–H and O–H groups in total. The van der Waals surface area contributed by atoms with Crippen LogP contribution in [0.5, 0.6) is 0 Å². The predicted octanol–water partition coefficient (Wildman–Crippen LogP) is 1.33. The van der Waals surface area contributed by atoms with Crippen molar-refractivity contribution >= 4 is 24.1 Å². The van der Waals surface area contributed by atoms with Crippen molar-refractivity contribution in [2.75, 3.05) is 20.1 Å². The number of hydrogen-bond acceptors (Lipinski definition) is 7. The maximum absolute atomic E-state index is 10.2. The Morgan fingerprint density at radius 3 is 1.86 bits per heavy atom. The minimum absolute atomic E-state index is 0.0606. The molecular formula is C17H26N6O6. The van der Waals surface area contributed by atoms with Gasteiger partial charge in [-0.1, -0.05) is 0 Å². The number of aromatic nitrogens is 2. The second kappa shape index (κ2) is 13.6. The quantitative estimate of drug-likeness (QED) is 0.288. The molecular weight excluding hydrogens is 384 g/mol. The van der Waals surface area contributed by atoms with E-state index in [-0.39, 0.29) is 11.4 Å². The summed E-state index contributed by atoms with van der Waals surface area (Å²) in [6, 6.07) is 2.77. The van der Waals surface area contributed by atoms with Crippen LogP contribution in [0.3, 0.4) is 0 Å². The molecule has 0 saturated carbocycles. The fraction of sp³-hybridized carbons (Fsp3) is 0.412. The van der Waals surface area contributed by atoms with Crippen molar-refractivity contribution in [3.05, 3.63) is 56.1 Å². The topological polar surface area (TPSA) is 154 Å². The SMILES string of the molecule is CNCCCNC=O.Cc1cc([N+](=O)[O-])cn1C.Cn1cc([N+](=O)[O-])cc1C=O. The predicted molar refractivity (Wildman–Crippen MR) is 107 cm³/mol. The van der Waals surface area contributed by atoms with Gasteiger partial charge in [0.05, 0.1) is 27.9 Å². The normalized spacial score (nSPS) is 9.38. The molecule has 2 heterocycles. The Morgan fingerprint density at radius 2 is 1.55 bits per heavy atom. The summed E-state index contributed by atoms with van der Waals surface area (Å²) in [4.78, 5) is 39.2. The van der Waals surface area contributed by atoms with E-state index in [0.29, 0.717) is 12.0 Å². The van der Waals surface area contributed by atoms with Crippen LogP contribution >= 0.6 is 0 Å². The molecule has 0 saturated heterocycles. The summed E-state index contributed by atoms with van der Waals surface area (Å²) in [5.74, 6) is 0. The van der Waals surface area contributed by atoms with Crippen molar-refractivity contribution in [1.82, 2.24) is 19.8 Å². The fourth-order valence-corrected chi connectivity index (χ4v) is 1.96. The molecule has 0 atom stereocenters. The lowest BCUT2D eigenvalue weighted by molar-refractivity contribution is -0.385. The molecule has 29 heavy (non-hydrogen) atoms. The fourth-order valence-electron chi connectivity index (χ4n) is 1.96. The van der Waals surface area contributed by atoms with E-state index in [0.717, 1.165) is 31.6 Å². The lowest BCUT2D eigenvalue weighted by Crippen LogP contribution is -2.17. The van der Waals surface area contributed by atoms with E-state index in [1.807, 2.05) is 14.0 Å². The molecule has 0 aromatic carbocycles. The van der Waals surface area contributed by atoms with Gasteiger partial charge in [0.15, 0.2) is 6.29 Å². The third-order valence-electron chi connectivity index (χ3n) is 3.64. The first kappa shape index (κ1) is 25.5. The number of hydrogen-bond donors (Lipinski definition) is 2. The first-order valence-electron chi connectivity index (χ1n) is 8.52. The molecule has 0 aliphatic heterocycles. The number of carbonyl (C=O) groups excluding carboxylic acids is 2. The molecule has 0 fully saturated rings. The third kappa shape index (κ3) is 9.81. The Balaban J connectivity index is 0.000000412. The molecule has 0 unspecified atom stereocenters. The Labute approximate surface area is 167 Å². The molecule has 2 aromatic heterocycles. The maximum Gasteiger partial charge on any atom is 0.287 e. The number of nitro groups is 2. The minimum Gasteiger partial charge on any atom is -0.359 e. The Bertz CT molecular complexity index is 794. The van der Waals surface area contributed by atoms with E-state index >= 15 is 0 Å². The lowest BCUT2D eigenvalue weighted by atomic mass is 10.4. The molecule has 0 spiro atoms. The van der Waals surface area contributed by atoms with Gasteiger partial charge in [0.1, 0.15) is 0 Å². The van der Waals surface area contributed by atoms with Crippen molar-refractivity contribution in [1.29, 1.82) is 0 Å². The van der Waals surface area contributed by atoms with E-state index in [1.165, 1.54) is 23.0 Å². The van der Waals surface area contributed by atoms with Gasteiger partial charge in [-0.15, -0.1) is 0 Å². The molecule has 12 heteroatoms. The molecule has 2 rings (SSSR count). The van der Waals surface area contributed by atoms with Crippen molar-refractivity contribution in [2.45, 2.75) is 13.3 Å². The van der Waals surface area contributed by atoms with Gasteiger partial charge < -0.3 is 19.8 Å². The number of rotatable bonds is 8. The maximum atomic E-state index is 10.2. The second-order valence-electron chi connectivity index (χ2n) is 5.85. The van der Waals surface area contributed by atoms with Gasteiger partial charge >= 0.3 is 0 Å². The number of nitrogens with zero attached hydrogens (tertiary/aromatic N) is 4. The molecule has 2 aromatic rings. The van der Waals surface area contributed by atoms with Crippen LogP contribution in [0.1, 0.15) is 22.6 Å². The van der Waals surface area contributed by atoms with Crippen molar-refractivity contribution < 1.29 is 19.4 Å². The molecule has 0 aliphatic rings. The van der Waals surface area contributed by atoms with Crippen LogP contribution in [0, 0.1) is 27.2 Å². The van der Waals surface area contributed by atoms with Crippen LogP contribution in [-0.2, 0) is 18.9 Å². The first-order valence-corrected chi connectivity index (χ1v) is 8.52.